The SMILES string of the molecule is Cl.Cl.NC1(C(=O)N2CCN(c3cccc(C(F)(F)F)c3)CC2)CCCC1. The van der Waals surface area contributed by atoms with Gasteiger partial charge in [-0.05, 0) is 31.0 Å². The quantitative estimate of drug-likeness (QED) is 0.807. The number of benzene rings is 1. The van der Waals surface area contributed by atoms with Gasteiger partial charge >= 0.3 is 6.18 Å². The lowest BCUT2D eigenvalue weighted by Gasteiger charge is -2.39. The predicted octanol–water partition coefficient (Wildman–Crippen LogP) is 3.47. The van der Waals surface area contributed by atoms with Crippen molar-refractivity contribution in [1.29, 1.82) is 0 Å². The van der Waals surface area contributed by atoms with Crippen LogP contribution in [0.2, 0.25) is 0 Å². The number of carbonyl (C=O) groups is 1. The number of anilines is 1. The molecule has 1 saturated heterocycles. The maximum atomic E-state index is 12.8. The Balaban J connectivity index is 0.00000169. The zero-order valence-corrected chi connectivity index (χ0v) is 15.9. The van der Waals surface area contributed by atoms with Gasteiger partial charge in [0.2, 0.25) is 5.91 Å². The van der Waals surface area contributed by atoms with Gasteiger partial charge in [0.25, 0.3) is 0 Å². The van der Waals surface area contributed by atoms with Crippen molar-refractivity contribution in [3.05, 3.63) is 29.8 Å². The summed E-state index contributed by atoms with van der Waals surface area (Å²) in [7, 11) is 0. The number of hydrogen-bond acceptors (Lipinski definition) is 3. The summed E-state index contributed by atoms with van der Waals surface area (Å²) >= 11 is 0. The maximum absolute atomic E-state index is 12.8. The van der Waals surface area contributed by atoms with Gasteiger partial charge in [-0.1, -0.05) is 18.9 Å². The van der Waals surface area contributed by atoms with Crippen LogP contribution in [0.15, 0.2) is 24.3 Å². The molecule has 0 unspecified atom stereocenters. The van der Waals surface area contributed by atoms with Gasteiger partial charge in [-0.2, -0.15) is 13.2 Å². The molecule has 26 heavy (non-hydrogen) atoms. The first-order chi connectivity index (χ1) is 11.3. The van der Waals surface area contributed by atoms with E-state index in [4.69, 9.17) is 5.73 Å². The average molecular weight is 414 g/mol. The van der Waals surface area contributed by atoms with Crippen LogP contribution in [0.25, 0.3) is 0 Å². The fourth-order valence-electron chi connectivity index (χ4n) is 3.58. The summed E-state index contributed by atoms with van der Waals surface area (Å²) in [6.07, 6.45) is -0.944. The summed E-state index contributed by atoms with van der Waals surface area (Å²) in [5, 5.41) is 0. The Labute approximate surface area is 163 Å². The number of amides is 1. The van der Waals surface area contributed by atoms with E-state index in [2.05, 4.69) is 0 Å². The third-order valence-electron chi connectivity index (χ3n) is 5.03. The number of nitrogens with two attached hydrogens (primary N) is 1. The van der Waals surface area contributed by atoms with Gasteiger partial charge in [-0.15, -0.1) is 24.8 Å². The van der Waals surface area contributed by atoms with Crippen molar-refractivity contribution in [3.8, 4) is 0 Å². The van der Waals surface area contributed by atoms with Crippen molar-refractivity contribution in [1.82, 2.24) is 4.90 Å². The van der Waals surface area contributed by atoms with Crippen molar-refractivity contribution in [2.45, 2.75) is 37.4 Å². The van der Waals surface area contributed by atoms with E-state index in [0.29, 0.717) is 31.9 Å². The van der Waals surface area contributed by atoms with Crippen LogP contribution in [-0.2, 0) is 11.0 Å². The highest BCUT2D eigenvalue weighted by molar-refractivity contribution is 5.86. The Morgan fingerprint density at radius 3 is 2.15 bits per heavy atom. The molecule has 9 heteroatoms. The van der Waals surface area contributed by atoms with Gasteiger partial charge in [-0.3, -0.25) is 4.79 Å². The molecule has 0 atom stereocenters. The summed E-state index contributed by atoms with van der Waals surface area (Å²) < 4.78 is 38.5. The average Bonchev–Trinajstić information content (AvgIpc) is 3.02. The van der Waals surface area contributed by atoms with Crippen molar-refractivity contribution < 1.29 is 18.0 Å². The minimum atomic E-state index is -4.35. The van der Waals surface area contributed by atoms with Crippen molar-refractivity contribution in [3.63, 3.8) is 0 Å². The molecule has 2 fully saturated rings. The van der Waals surface area contributed by atoms with E-state index in [0.717, 1.165) is 31.7 Å². The Morgan fingerprint density at radius 2 is 1.62 bits per heavy atom. The molecule has 0 spiro atoms. The van der Waals surface area contributed by atoms with Crippen LogP contribution < -0.4 is 10.6 Å². The second-order valence-electron chi connectivity index (χ2n) is 6.69. The van der Waals surface area contributed by atoms with E-state index < -0.39 is 17.3 Å². The van der Waals surface area contributed by atoms with Crippen LogP contribution in [-0.4, -0.2) is 42.5 Å². The number of alkyl halides is 3. The van der Waals surface area contributed by atoms with E-state index in [9.17, 15) is 18.0 Å². The molecular formula is C17H24Cl2F3N3O. The lowest BCUT2D eigenvalue weighted by atomic mass is 9.97. The van der Waals surface area contributed by atoms with Gasteiger partial charge in [-0.25, -0.2) is 0 Å². The van der Waals surface area contributed by atoms with Crippen LogP contribution in [0.5, 0.6) is 0 Å². The van der Waals surface area contributed by atoms with E-state index in [1.165, 1.54) is 12.1 Å². The fourth-order valence-corrected chi connectivity index (χ4v) is 3.58. The first-order valence-electron chi connectivity index (χ1n) is 8.30. The molecule has 1 aromatic carbocycles. The van der Waals surface area contributed by atoms with Gasteiger partial charge in [0.05, 0.1) is 11.1 Å². The molecule has 1 aliphatic carbocycles. The van der Waals surface area contributed by atoms with Crippen molar-refractivity contribution >= 4 is 36.4 Å². The number of nitrogens with zero attached hydrogens (tertiary/aromatic N) is 2. The first-order valence-corrected chi connectivity index (χ1v) is 8.30. The molecule has 1 aromatic rings. The van der Waals surface area contributed by atoms with E-state index in [-0.39, 0.29) is 30.7 Å². The van der Waals surface area contributed by atoms with E-state index >= 15 is 0 Å². The van der Waals surface area contributed by atoms with Gasteiger partial charge in [0, 0.05) is 31.9 Å². The summed E-state index contributed by atoms with van der Waals surface area (Å²) in [6, 6.07) is 5.33. The third kappa shape index (κ3) is 4.75. The van der Waals surface area contributed by atoms with Gasteiger partial charge < -0.3 is 15.5 Å². The summed E-state index contributed by atoms with van der Waals surface area (Å²) in [5.74, 6) is -0.0105. The number of halogens is 5. The maximum Gasteiger partial charge on any atom is 0.416 e. The van der Waals surface area contributed by atoms with Crippen LogP contribution in [0, 0.1) is 0 Å². The van der Waals surface area contributed by atoms with Crippen LogP contribution in [0.3, 0.4) is 0 Å². The van der Waals surface area contributed by atoms with Crippen LogP contribution in [0.4, 0.5) is 18.9 Å². The molecular weight excluding hydrogens is 390 g/mol. The molecule has 4 nitrogen and oxygen atoms in total. The predicted molar refractivity (Wildman–Crippen MR) is 100 cm³/mol. The first kappa shape index (κ1) is 22.9. The molecule has 0 aromatic heterocycles. The molecule has 2 N–H and O–H groups in total. The molecule has 0 bridgehead atoms. The van der Waals surface area contributed by atoms with E-state index in [1.807, 2.05) is 4.90 Å². The second-order valence-corrected chi connectivity index (χ2v) is 6.69. The normalized spacial score (nSPS) is 19.5. The second kappa shape index (κ2) is 8.67. The van der Waals surface area contributed by atoms with E-state index in [1.54, 1.807) is 11.0 Å². The number of carbonyl (C=O) groups excluding carboxylic acids is 1. The zero-order chi connectivity index (χ0) is 17.4. The molecule has 2 aliphatic rings. The minimum Gasteiger partial charge on any atom is -0.368 e. The highest BCUT2D eigenvalue weighted by Gasteiger charge is 2.40. The molecule has 1 heterocycles. The molecule has 1 amide bonds. The van der Waals surface area contributed by atoms with Crippen molar-refractivity contribution in [2.75, 3.05) is 31.1 Å². The molecule has 0 radical (unpaired) electrons. The summed E-state index contributed by atoms with van der Waals surface area (Å²) in [6.45, 7) is 2.02. The zero-order valence-electron chi connectivity index (χ0n) is 14.3. The lowest BCUT2D eigenvalue weighted by Crippen LogP contribution is -2.58. The minimum absolute atomic E-state index is 0. The summed E-state index contributed by atoms with van der Waals surface area (Å²) in [4.78, 5) is 16.2. The smallest absolute Gasteiger partial charge is 0.368 e. The largest absolute Gasteiger partial charge is 0.416 e. The standard InChI is InChI=1S/C17H22F3N3O.2ClH/c18-17(19,20)13-4-3-5-14(12-13)22-8-10-23(11-9-22)15(24)16(21)6-1-2-7-16;;/h3-5,12H,1-2,6-11,21H2;2*1H. The number of hydrogen-bond donors (Lipinski definition) is 1. The Hall–Kier alpha value is -1.18. The van der Waals surface area contributed by atoms with Gasteiger partial charge in [0.15, 0.2) is 0 Å². The van der Waals surface area contributed by atoms with Crippen LogP contribution in [0.1, 0.15) is 31.2 Å². The van der Waals surface area contributed by atoms with Gasteiger partial charge in [0.1, 0.15) is 0 Å². The highest BCUT2D eigenvalue weighted by Crippen LogP contribution is 2.32. The Morgan fingerprint density at radius 1 is 1.04 bits per heavy atom. The lowest BCUT2D eigenvalue weighted by molar-refractivity contribution is -0.137. The highest BCUT2D eigenvalue weighted by atomic mass is 35.5. The third-order valence-corrected chi connectivity index (χ3v) is 5.03. The Bertz CT molecular complexity index is 614. The number of piperazine rings is 1. The fraction of sp³-hybridized carbons (Fsp3) is 0.588. The molecule has 1 saturated carbocycles. The molecule has 1 aliphatic heterocycles. The number of rotatable bonds is 2. The topological polar surface area (TPSA) is 49.6 Å². The Kier molecular flexibility index (Phi) is 7.62. The molecule has 148 valence electrons. The molecule has 3 rings (SSSR count). The monoisotopic (exact) mass is 413 g/mol. The summed E-state index contributed by atoms with van der Waals surface area (Å²) in [5.41, 5.74) is 5.37. The van der Waals surface area contributed by atoms with Crippen molar-refractivity contribution in [2.24, 2.45) is 5.73 Å². The van der Waals surface area contributed by atoms with Crippen LogP contribution >= 0.6 is 24.8 Å².